The largest absolute Gasteiger partial charge is 0.243 e. The number of halogens is 1. The highest BCUT2D eigenvalue weighted by molar-refractivity contribution is 7.89. The van der Waals surface area contributed by atoms with E-state index in [1.807, 2.05) is 0 Å². The Kier molecular flexibility index (Phi) is 3.65. The predicted octanol–water partition coefficient (Wildman–Crippen LogP) is 0.161. The molecule has 1 aliphatic rings. The van der Waals surface area contributed by atoms with Gasteiger partial charge in [-0.05, 0) is 37.0 Å². The quantitative estimate of drug-likeness (QED) is 0.808. The van der Waals surface area contributed by atoms with Crippen molar-refractivity contribution in [3.05, 3.63) is 24.0 Å². The van der Waals surface area contributed by atoms with Crippen molar-refractivity contribution in [3.8, 4) is 0 Å². The fourth-order valence-corrected chi connectivity index (χ4v) is 3.20. The molecule has 2 rings (SSSR count). The molecular weight excluding hydrogens is 295 g/mol. The van der Waals surface area contributed by atoms with Crippen LogP contribution in [0.25, 0.3) is 0 Å². The molecule has 0 amide bonds. The van der Waals surface area contributed by atoms with Gasteiger partial charge in [0.25, 0.3) is 0 Å². The Hall–Kier alpha value is -1.03. The number of benzene rings is 1. The van der Waals surface area contributed by atoms with Gasteiger partial charge in [-0.3, -0.25) is 0 Å². The molecule has 1 aromatic carbocycles. The van der Waals surface area contributed by atoms with Crippen LogP contribution in [0, 0.1) is 11.7 Å². The van der Waals surface area contributed by atoms with Crippen molar-refractivity contribution in [1.29, 1.82) is 0 Å². The van der Waals surface area contributed by atoms with Crippen LogP contribution in [0.2, 0.25) is 0 Å². The van der Waals surface area contributed by atoms with Gasteiger partial charge < -0.3 is 0 Å². The summed E-state index contributed by atoms with van der Waals surface area (Å²) in [6, 6.07) is 2.45. The summed E-state index contributed by atoms with van der Waals surface area (Å²) in [5, 5.41) is 4.83. The standard InChI is InChI=1S/C10H13FN2O4S2/c11-9-5-8(18(12,14)15)3-4-10(9)19(16,17)13-6-7-1-2-7/h3-5,7,13H,1-2,6H2,(H2,12,14,15). The van der Waals surface area contributed by atoms with Crippen molar-refractivity contribution in [2.24, 2.45) is 11.1 Å². The molecule has 0 unspecified atom stereocenters. The molecule has 3 N–H and O–H groups in total. The molecule has 6 nitrogen and oxygen atoms in total. The highest BCUT2D eigenvalue weighted by Crippen LogP contribution is 2.28. The topological polar surface area (TPSA) is 106 Å². The summed E-state index contributed by atoms with van der Waals surface area (Å²) in [4.78, 5) is -1.05. The van der Waals surface area contributed by atoms with Crippen LogP contribution in [0.4, 0.5) is 4.39 Å². The molecule has 19 heavy (non-hydrogen) atoms. The average molecular weight is 308 g/mol. The second-order valence-corrected chi connectivity index (χ2v) is 7.73. The van der Waals surface area contributed by atoms with E-state index in [0.717, 1.165) is 25.0 Å². The first-order chi connectivity index (χ1) is 8.70. The second-order valence-electron chi connectivity index (χ2n) is 4.43. The normalized spacial score (nSPS) is 16.5. The highest BCUT2D eigenvalue weighted by Gasteiger charge is 2.26. The van der Waals surface area contributed by atoms with Crippen molar-refractivity contribution in [1.82, 2.24) is 4.72 Å². The zero-order chi connectivity index (χ0) is 14.3. The van der Waals surface area contributed by atoms with Crippen LogP contribution in [-0.2, 0) is 20.0 Å². The summed E-state index contributed by atoms with van der Waals surface area (Å²) in [5.74, 6) is -0.837. The summed E-state index contributed by atoms with van der Waals surface area (Å²) in [6.45, 7) is 0.263. The lowest BCUT2D eigenvalue weighted by atomic mass is 10.3. The van der Waals surface area contributed by atoms with Gasteiger partial charge in [0.2, 0.25) is 20.0 Å². The molecule has 0 aliphatic heterocycles. The van der Waals surface area contributed by atoms with E-state index >= 15 is 0 Å². The van der Waals surface area contributed by atoms with Crippen LogP contribution in [0.3, 0.4) is 0 Å². The average Bonchev–Trinajstić information content (AvgIpc) is 3.08. The SMILES string of the molecule is NS(=O)(=O)c1ccc(S(=O)(=O)NCC2CC2)c(F)c1. The lowest BCUT2D eigenvalue weighted by molar-refractivity contribution is 0.550. The smallest absolute Gasteiger partial charge is 0.225 e. The maximum atomic E-state index is 13.7. The maximum Gasteiger partial charge on any atom is 0.243 e. The minimum atomic E-state index is -4.06. The summed E-state index contributed by atoms with van der Waals surface area (Å²) in [5.41, 5.74) is 0. The van der Waals surface area contributed by atoms with E-state index in [2.05, 4.69) is 4.72 Å². The molecule has 0 aromatic heterocycles. The van der Waals surface area contributed by atoms with Gasteiger partial charge in [-0.1, -0.05) is 0 Å². The van der Waals surface area contributed by atoms with Crippen molar-refractivity contribution in [2.45, 2.75) is 22.6 Å². The number of nitrogens with one attached hydrogen (secondary N) is 1. The van der Waals surface area contributed by atoms with Gasteiger partial charge >= 0.3 is 0 Å². The minimum absolute atomic E-state index is 0.263. The summed E-state index contributed by atoms with van der Waals surface area (Å²) >= 11 is 0. The van der Waals surface area contributed by atoms with Crippen molar-refractivity contribution in [2.75, 3.05) is 6.54 Å². The van der Waals surface area contributed by atoms with Gasteiger partial charge in [-0.2, -0.15) is 0 Å². The zero-order valence-corrected chi connectivity index (χ0v) is 11.5. The number of hydrogen-bond donors (Lipinski definition) is 2. The lowest BCUT2D eigenvalue weighted by Gasteiger charge is -2.08. The first-order valence-corrected chi connectivity index (χ1v) is 8.55. The summed E-state index contributed by atoms with van der Waals surface area (Å²) in [7, 11) is -8.03. The number of nitrogens with two attached hydrogens (primary N) is 1. The molecule has 0 saturated heterocycles. The molecule has 0 heterocycles. The Morgan fingerprint density at radius 1 is 1.26 bits per heavy atom. The van der Waals surface area contributed by atoms with E-state index < -0.39 is 35.7 Å². The molecule has 0 spiro atoms. The van der Waals surface area contributed by atoms with Crippen LogP contribution < -0.4 is 9.86 Å². The van der Waals surface area contributed by atoms with Gasteiger partial charge in [0.05, 0.1) is 4.90 Å². The van der Waals surface area contributed by atoms with Crippen molar-refractivity contribution < 1.29 is 21.2 Å². The molecule has 0 atom stereocenters. The lowest BCUT2D eigenvalue weighted by Crippen LogP contribution is -2.27. The number of primary sulfonamides is 1. The Morgan fingerprint density at radius 2 is 1.89 bits per heavy atom. The van der Waals surface area contributed by atoms with E-state index in [1.165, 1.54) is 0 Å². The second kappa shape index (κ2) is 4.82. The van der Waals surface area contributed by atoms with E-state index in [-0.39, 0.29) is 6.54 Å². The first kappa shape index (κ1) is 14.4. The van der Waals surface area contributed by atoms with Crippen LogP contribution in [0.15, 0.2) is 28.0 Å². The number of sulfonamides is 2. The fourth-order valence-electron chi connectivity index (χ4n) is 1.50. The molecule has 1 aromatic rings. The third-order valence-electron chi connectivity index (χ3n) is 2.78. The Balaban J connectivity index is 2.29. The van der Waals surface area contributed by atoms with Crippen molar-refractivity contribution in [3.63, 3.8) is 0 Å². The monoisotopic (exact) mass is 308 g/mol. The van der Waals surface area contributed by atoms with Gasteiger partial charge in [0, 0.05) is 6.54 Å². The Morgan fingerprint density at radius 3 is 2.37 bits per heavy atom. The summed E-state index contributed by atoms with van der Waals surface area (Å²) < 4.78 is 61.6. The molecule has 1 fully saturated rings. The number of hydrogen-bond acceptors (Lipinski definition) is 4. The molecular formula is C10H13FN2O4S2. The van der Waals surface area contributed by atoms with Crippen LogP contribution in [0.5, 0.6) is 0 Å². The molecule has 0 radical (unpaired) electrons. The number of rotatable bonds is 5. The van der Waals surface area contributed by atoms with Crippen LogP contribution >= 0.6 is 0 Å². The van der Waals surface area contributed by atoms with Gasteiger partial charge in [-0.25, -0.2) is 31.1 Å². The third-order valence-corrected chi connectivity index (χ3v) is 5.15. The highest BCUT2D eigenvalue weighted by atomic mass is 32.2. The Labute approximate surface area is 110 Å². The van der Waals surface area contributed by atoms with Gasteiger partial charge in [-0.15, -0.1) is 0 Å². The minimum Gasteiger partial charge on any atom is -0.225 e. The van der Waals surface area contributed by atoms with E-state index in [0.29, 0.717) is 12.0 Å². The van der Waals surface area contributed by atoms with E-state index in [9.17, 15) is 21.2 Å². The third kappa shape index (κ3) is 3.50. The molecule has 9 heteroatoms. The molecule has 1 saturated carbocycles. The van der Waals surface area contributed by atoms with Crippen molar-refractivity contribution >= 4 is 20.0 Å². The molecule has 1 aliphatic carbocycles. The van der Waals surface area contributed by atoms with Gasteiger partial charge in [0.1, 0.15) is 10.7 Å². The fraction of sp³-hybridized carbons (Fsp3) is 0.400. The maximum absolute atomic E-state index is 13.7. The van der Waals surface area contributed by atoms with E-state index in [4.69, 9.17) is 5.14 Å². The predicted molar refractivity (Wildman–Crippen MR) is 65.7 cm³/mol. The molecule has 106 valence electrons. The Bertz CT molecular complexity index is 696. The van der Waals surface area contributed by atoms with Crippen LogP contribution in [0.1, 0.15) is 12.8 Å². The first-order valence-electron chi connectivity index (χ1n) is 5.52. The van der Waals surface area contributed by atoms with Crippen LogP contribution in [-0.4, -0.2) is 23.4 Å². The zero-order valence-electron chi connectivity index (χ0n) is 9.84. The molecule has 0 bridgehead atoms. The van der Waals surface area contributed by atoms with E-state index in [1.54, 1.807) is 0 Å². The van der Waals surface area contributed by atoms with Gasteiger partial charge in [0.15, 0.2) is 0 Å². The summed E-state index contributed by atoms with van der Waals surface area (Å²) in [6.07, 6.45) is 1.91.